The molecule has 2 rings (SSSR count). The Balaban J connectivity index is 2.06. The molecular formula is C14H21N3O2. The first-order valence-corrected chi connectivity index (χ1v) is 6.65. The number of carbonyl (C=O) groups excluding carboxylic acids is 1. The summed E-state index contributed by atoms with van der Waals surface area (Å²) in [5.74, 6) is 0.0493. The van der Waals surface area contributed by atoms with Crippen molar-refractivity contribution in [1.82, 2.24) is 14.7 Å². The van der Waals surface area contributed by atoms with Gasteiger partial charge in [-0.3, -0.25) is 9.48 Å². The number of hydrogen-bond acceptors (Lipinski definition) is 3. The zero-order chi connectivity index (χ0) is 13.8. The fraction of sp³-hybridized carbons (Fsp3) is 0.571. The second-order valence-corrected chi connectivity index (χ2v) is 4.90. The molecule has 104 valence electrons. The van der Waals surface area contributed by atoms with E-state index in [0.29, 0.717) is 6.61 Å². The van der Waals surface area contributed by atoms with E-state index >= 15 is 0 Å². The number of hydrogen-bond donors (Lipinski definition) is 0. The third kappa shape index (κ3) is 3.04. The Kier molecular flexibility index (Phi) is 4.37. The van der Waals surface area contributed by atoms with E-state index in [-0.39, 0.29) is 11.9 Å². The second kappa shape index (κ2) is 6.02. The van der Waals surface area contributed by atoms with E-state index in [1.807, 2.05) is 24.3 Å². The normalized spacial score (nSPS) is 20.5. The predicted molar refractivity (Wildman–Crippen MR) is 72.5 cm³/mol. The first-order valence-electron chi connectivity index (χ1n) is 6.65. The van der Waals surface area contributed by atoms with Gasteiger partial charge >= 0.3 is 0 Å². The third-order valence-electron chi connectivity index (χ3n) is 3.46. The number of amides is 1. The minimum atomic E-state index is -0.421. The molecule has 0 aliphatic carbocycles. The maximum absolute atomic E-state index is 12.4. The van der Waals surface area contributed by atoms with Crippen LogP contribution in [0.1, 0.15) is 31.4 Å². The van der Waals surface area contributed by atoms with E-state index in [2.05, 4.69) is 11.7 Å². The Morgan fingerprint density at radius 3 is 3.16 bits per heavy atom. The van der Waals surface area contributed by atoms with Crippen molar-refractivity contribution in [3.05, 3.63) is 30.6 Å². The van der Waals surface area contributed by atoms with E-state index in [9.17, 15) is 4.79 Å². The molecule has 0 aromatic carbocycles. The number of likely N-dealkylation sites (tertiary alicyclic amines) is 1. The molecule has 2 unspecified atom stereocenters. The third-order valence-corrected chi connectivity index (χ3v) is 3.46. The van der Waals surface area contributed by atoms with Crippen molar-refractivity contribution in [2.75, 3.05) is 13.2 Å². The number of nitrogens with zero attached hydrogens (tertiary/aromatic N) is 3. The van der Waals surface area contributed by atoms with Crippen molar-refractivity contribution in [3.63, 3.8) is 0 Å². The minimum absolute atomic E-state index is 0.0493. The van der Waals surface area contributed by atoms with Gasteiger partial charge in [0.15, 0.2) is 0 Å². The molecular weight excluding hydrogens is 242 g/mol. The van der Waals surface area contributed by atoms with Gasteiger partial charge in [-0.15, -0.1) is 6.58 Å². The first kappa shape index (κ1) is 13.8. The van der Waals surface area contributed by atoms with Crippen molar-refractivity contribution in [3.8, 4) is 0 Å². The van der Waals surface area contributed by atoms with Crippen LogP contribution in [-0.4, -0.2) is 39.8 Å². The van der Waals surface area contributed by atoms with Crippen LogP contribution in [0.25, 0.3) is 0 Å². The fourth-order valence-corrected chi connectivity index (χ4v) is 2.51. The molecule has 0 saturated carbocycles. The fourth-order valence-electron chi connectivity index (χ4n) is 2.51. The predicted octanol–water partition coefficient (Wildman–Crippen LogP) is 1.67. The maximum Gasteiger partial charge on any atom is 0.251 e. The highest BCUT2D eigenvalue weighted by Crippen LogP contribution is 2.32. The number of ether oxygens (including phenoxy) is 1. The molecule has 0 spiro atoms. The Morgan fingerprint density at radius 1 is 1.74 bits per heavy atom. The summed E-state index contributed by atoms with van der Waals surface area (Å²) in [6.45, 7) is 6.58. The van der Waals surface area contributed by atoms with Gasteiger partial charge < -0.3 is 9.64 Å². The molecule has 0 bridgehead atoms. The highest BCUT2D eigenvalue weighted by atomic mass is 16.5. The summed E-state index contributed by atoms with van der Waals surface area (Å²) in [4.78, 5) is 14.3. The average molecular weight is 263 g/mol. The van der Waals surface area contributed by atoms with Crippen molar-refractivity contribution >= 4 is 5.91 Å². The van der Waals surface area contributed by atoms with Gasteiger partial charge in [0.2, 0.25) is 0 Å². The molecule has 0 radical (unpaired) electrons. The van der Waals surface area contributed by atoms with Crippen LogP contribution in [0.4, 0.5) is 0 Å². The van der Waals surface area contributed by atoms with Gasteiger partial charge in [0.1, 0.15) is 6.10 Å². The van der Waals surface area contributed by atoms with Gasteiger partial charge in [-0.05, 0) is 19.8 Å². The zero-order valence-electron chi connectivity index (χ0n) is 11.6. The molecule has 5 nitrogen and oxygen atoms in total. The van der Waals surface area contributed by atoms with Crippen LogP contribution >= 0.6 is 0 Å². The molecule has 2 atom stereocenters. The first-order chi connectivity index (χ1) is 9.13. The lowest BCUT2D eigenvalue weighted by molar-refractivity contribution is -0.142. The topological polar surface area (TPSA) is 47.4 Å². The molecule has 5 heteroatoms. The van der Waals surface area contributed by atoms with Crippen LogP contribution in [0.3, 0.4) is 0 Å². The molecule has 0 N–H and O–H groups in total. The lowest BCUT2D eigenvalue weighted by Crippen LogP contribution is -2.38. The molecule has 1 aliphatic rings. The highest BCUT2D eigenvalue weighted by Gasteiger charge is 2.33. The van der Waals surface area contributed by atoms with E-state index in [1.165, 1.54) is 0 Å². The Hall–Kier alpha value is -1.62. The van der Waals surface area contributed by atoms with E-state index in [1.54, 1.807) is 17.7 Å². The van der Waals surface area contributed by atoms with Gasteiger partial charge in [0, 0.05) is 25.4 Å². The summed E-state index contributed by atoms with van der Waals surface area (Å²) in [5, 5.41) is 4.18. The van der Waals surface area contributed by atoms with Crippen molar-refractivity contribution in [2.45, 2.75) is 31.9 Å². The summed E-state index contributed by atoms with van der Waals surface area (Å²) < 4.78 is 7.20. The Morgan fingerprint density at radius 2 is 2.53 bits per heavy atom. The molecule has 1 aliphatic heterocycles. The summed E-state index contributed by atoms with van der Waals surface area (Å²) >= 11 is 0. The zero-order valence-corrected chi connectivity index (χ0v) is 11.6. The molecule has 1 aromatic rings. The summed E-state index contributed by atoms with van der Waals surface area (Å²) in [6, 6.07) is 0.135. The van der Waals surface area contributed by atoms with Crippen LogP contribution in [0.2, 0.25) is 0 Å². The van der Waals surface area contributed by atoms with Gasteiger partial charge in [0.25, 0.3) is 5.91 Å². The number of carbonyl (C=O) groups is 1. The molecule has 1 aromatic heterocycles. The smallest absolute Gasteiger partial charge is 0.251 e. The monoisotopic (exact) mass is 263 g/mol. The van der Waals surface area contributed by atoms with Crippen LogP contribution < -0.4 is 0 Å². The number of aryl methyl sites for hydroxylation is 1. The highest BCUT2D eigenvalue weighted by molar-refractivity contribution is 5.81. The summed E-state index contributed by atoms with van der Waals surface area (Å²) in [5.41, 5.74) is 1.10. The Bertz CT molecular complexity index is 455. The van der Waals surface area contributed by atoms with Gasteiger partial charge in [-0.2, -0.15) is 5.10 Å². The molecule has 1 fully saturated rings. The lowest BCUT2D eigenvalue weighted by Gasteiger charge is -2.26. The van der Waals surface area contributed by atoms with E-state index < -0.39 is 6.10 Å². The average Bonchev–Trinajstić information content (AvgIpc) is 3.03. The largest absolute Gasteiger partial charge is 0.365 e. The molecule has 1 amide bonds. The van der Waals surface area contributed by atoms with Crippen LogP contribution in [0, 0.1) is 0 Å². The van der Waals surface area contributed by atoms with Crippen LogP contribution in [0.5, 0.6) is 0 Å². The summed E-state index contributed by atoms with van der Waals surface area (Å²) in [6.07, 6.45) is 7.07. The van der Waals surface area contributed by atoms with Gasteiger partial charge in [-0.1, -0.05) is 6.08 Å². The standard InChI is InChI=1S/C14H21N3O2/c1-4-8-19-11(2)14(18)17-7-5-6-13(17)12-9-15-16(3)10-12/h4,9-11,13H,1,5-8H2,2-3H3. The number of aromatic nitrogens is 2. The van der Waals surface area contributed by atoms with E-state index in [0.717, 1.165) is 24.9 Å². The van der Waals surface area contributed by atoms with Crippen molar-refractivity contribution in [1.29, 1.82) is 0 Å². The molecule has 1 saturated heterocycles. The second-order valence-electron chi connectivity index (χ2n) is 4.90. The Labute approximate surface area is 113 Å². The van der Waals surface area contributed by atoms with Crippen LogP contribution in [0.15, 0.2) is 25.0 Å². The van der Waals surface area contributed by atoms with Gasteiger partial charge in [-0.25, -0.2) is 0 Å². The molecule has 19 heavy (non-hydrogen) atoms. The quantitative estimate of drug-likeness (QED) is 0.759. The molecule has 2 heterocycles. The van der Waals surface area contributed by atoms with E-state index in [4.69, 9.17) is 4.74 Å². The van der Waals surface area contributed by atoms with Gasteiger partial charge in [0.05, 0.1) is 18.8 Å². The SMILES string of the molecule is C=CCOC(C)C(=O)N1CCCC1c1cnn(C)c1. The lowest BCUT2D eigenvalue weighted by atomic mass is 10.1. The van der Waals surface area contributed by atoms with Crippen molar-refractivity contribution in [2.24, 2.45) is 7.05 Å². The minimum Gasteiger partial charge on any atom is -0.365 e. The maximum atomic E-state index is 12.4. The summed E-state index contributed by atoms with van der Waals surface area (Å²) in [7, 11) is 1.89. The van der Waals surface area contributed by atoms with Crippen molar-refractivity contribution < 1.29 is 9.53 Å². The van der Waals surface area contributed by atoms with Crippen LogP contribution in [-0.2, 0) is 16.6 Å². The number of rotatable bonds is 5.